The van der Waals surface area contributed by atoms with E-state index in [1.165, 1.54) is 11.1 Å². The van der Waals surface area contributed by atoms with Gasteiger partial charge < -0.3 is 15.0 Å². The Morgan fingerprint density at radius 1 is 1.32 bits per heavy atom. The first-order chi connectivity index (χ1) is 13.7. The second kappa shape index (κ2) is 8.69. The number of benzene rings is 2. The molecular weight excluding hydrogens is 370 g/mol. The lowest BCUT2D eigenvalue weighted by molar-refractivity contribution is -0.121. The zero-order valence-electron chi connectivity index (χ0n) is 16.0. The highest BCUT2D eigenvalue weighted by Crippen LogP contribution is 2.26. The first-order valence-electron chi connectivity index (χ1n) is 9.70. The fourth-order valence-electron chi connectivity index (χ4n) is 3.57. The van der Waals surface area contributed by atoms with E-state index >= 15 is 0 Å². The Balaban J connectivity index is 1.40. The van der Waals surface area contributed by atoms with Gasteiger partial charge in [-0.25, -0.2) is 4.98 Å². The lowest BCUT2D eigenvalue weighted by atomic mass is 10.0. The Kier molecular flexibility index (Phi) is 5.86. The molecule has 2 aromatic carbocycles. The van der Waals surface area contributed by atoms with Gasteiger partial charge in [0.05, 0.1) is 23.7 Å². The number of H-pyrrole nitrogens is 1. The monoisotopic (exact) mass is 395 g/mol. The summed E-state index contributed by atoms with van der Waals surface area (Å²) in [5.41, 5.74) is 4.37. The molecule has 0 unspecified atom stereocenters. The average molecular weight is 396 g/mol. The molecule has 1 amide bonds. The number of aromatic nitrogens is 2. The van der Waals surface area contributed by atoms with Crippen molar-refractivity contribution in [2.45, 2.75) is 31.7 Å². The molecule has 1 aromatic heterocycles. The third-order valence-corrected chi connectivity index (χ3v) is 5.72. The first kappa shape index (κ1) is 18.9. The predicted molar refractivity (Wildman–Crippen MR) is 114 cm³/mol. The molecule has 3 aromatic rings. The quantitative estimate of drug-likeness (QED) is 0.604. The van der Waals surface area contributed by atoms with Crippen LogP contribution in [0.15, 0.2) is 42.5 Å². The van der Waals surface area contributed by atoms with E-state index in [1.807, 2.05) is 30.3 Å². The largest absolute Gasteiger partial charge is 0.493 e. The third kappa shape index (κ3) is 4.33. The molecule has 0 aliphatic carbocycles. The lowest BCUT2D eigenvalue weighted by Gasteiger charge is -2.16. The molecule has 1 aliphatic heterocycles. The molecule has 0 bridgehead atoms. The number of nitrogens with zero attached hydrogens (tertiary/aromatic N) is 1. The topological polar surface area (TPSA) is 67.0 Å². The summed E-state index contributed by atoms with van der Waals surface area (Å²) < 4.78 is 5.55. The Labute approximate surface area is 169 Å². The molecule has 4 rings (SSSR count). The summed E-state index contributed by atoms with van der Waals surface area (Å²) in [7, 11) is 0. The molecule has 2 N–H and O–H groups in total. The number of hydrogen-bond acceptors (Lipinski definition) is 4. The summed E-state index contributed by atoms with van der Waals surface area (Å²) in [6.45, 7) is 0.758. The molecule has 2 heterocycles. The smallest absolute Gasteiger partial charge is 0.220 e. The number of aryl methyl sites for hydroxylation is 1. The van der Waals surface area contributed by atoms with Gasteiger partial charge in [-0.3, -0.25) is 4.79 Å². The van der Waals surface area contributed by atoms with Gasteiger partial charge in [0.25, 0.3) is 0 Å². The molecule has 1 aliphatic rings. The van der Waals surface area contributed by atoms with Crippen molar-refractivity contribution in [3.63, 3.8) is 0 Å². The van der Waals surface area contributed by atoms with Gasteiger partial charge in [-0.15, -0.1) is 0 Å². The maximum Gasteiger partial charge on any atom is 0.220 e. The molecule has 6 heteroatoms. The highest BCUT2D eigenvalue weighted by atomic mass is 32.2. The van der Waals surface area contributed by atoms with Crippen LogP contribution in [0.25, 0.3) is 11.0 Å². The van der Waals surface area contributed by atoms with Crippen molar-refractivity contribution in [1.82, 2.24) is 15.3 Å². The maximum absolute atomic E-state index is 12.6. The average Bonchev–Trinajstić information content (AvgIpc) is 3.35. The number of hydrogen-bond donors (Lipinski definition) is 2. The van der Waals surface area contributed by atoms with Crippen LogP contribution < -0.4 is 10.1 Å². The van der Waals surface area contributed by atoms with E-state index in [4.69, 9.17) is 4.74 Å². The van der Waals surface area contributed by atoms with Crippen LogP contribution in [-0.4, -0.2) is 34.5 Å². The molecule has 0 fully saturated rings. The third-order valence-electron chi connectivity index (χ3n) is 5.08. The van der Waals surface area contributed by atoms with Gasteiger partial charge in [0, 0.05) is 12.8 Å². The van der Waals surface area contributed by atoms with Gasteiger partial charge in [-0.1, -0.05) is 24.3 Å². The highest BCUT2D eigenvalue weighted by molar-refractivity contribution is 7.98. The van der Waals surface area contributed by atoms with Crippen LogP contribution in [0.4, 0.5) is 0 Å². The number of amides is 1. The lowest BCUT2D eigenvalue weighted by Crippen LogP contribution is -2.30. The van der Waals surface area contributed by atoms with Gasteiger partial charge in [-0.05, 0) is 54.2 Å². The van der Waals surface area contributed by atoms with E-state index in [9.17, 15) is 4.79 Å². The fourth-order valence-corrected chi connectivity index (χ4v) is 4.04. The molecule has 28 heavy (non-hydrogen) atoms. The van der Waals surface area contributed by atoms with Gasteiger partial charge in [0.1, 0.15) is 11.6 Å². The zero-order chi connectivity index (χ0) is 19.3. The van der Waals surface area contributed by atoms with Crippen molar-refractivity contribution in [2.24, 2.45) is 0 Å². The number of para-hydroxylation sites is 2. The number of rotatable bonds is 8. The van der Waals surface area contributed by atoms with Crippen LogP contribution in [0.2, 0.25) is 0 Å². The van der Waals surface area contributed by atoms with Crippen molar-refractivity contribution >= 4 is 28.7 Å². The standard InChI is InChI=1S/C22H25N3O2S/c1-28-13-11-19(22-24-17-4-2-3-5-18(17)25-22)23-21(26)9-7-15-6-8-20-16(14-15)10-12-27-20/h2-6,8,14,19H,7,9-13H2,1H3,(H,23,26)(H,24,25)/t19-/m1/s1. The van der Waals surface area contributed by atoms with Crippen LogP contribution in [0.5, 0.6) is 5.75 Å². The summed E-state index contributed by atoms with van der Waals surface area (Å²) in [4.78, 5) is 20.7. The van der Waals surface area contributed by atoms with E-state index in [1.54, 1.807) is 11.8 Å². The molecule has 0 radical (unpaired) electrons. The second-order valence-electron chi connectivity index (χ2n) is 7.08. The Bertz CT molecular complexity index is 936. The summed E-state index contributed by atoms with van der Waals surface area (Å²) >= 11 is 1.78. The number of thioether (sulfide) groups is 1. The molecule has 1 atom stereocenters. The van der Waals surface area contributed by atoms with E-state index < -0.39 is 0 Å². The summed E-state index contributed by atoms with van der Waals surface area (Å²) in [6, 6.07) is 14.1. The van der Waals surface area contributed by atoms with Gasteiger partial charge in [-0.2, -0.15) is 11.8 Å². The Morgan fingerprint density at radius 2 is 2.21 bits per heavy atom. The number of nitrogens with one attached hydrogen (secondary N) is 2. The van der Waals surface area contributed by atoms with Crippen LogP contribution >= 0.6 is 11.8 Å². The molecule has 0 spiro atoms. The van der Waals surface area contributed by atoms with E-state index in [-0.39, 0.29) is 11.9 Å². The number of carbonyl (C=O) groups is 1. The summed E-state index contributed by atoms with van der Waals surface area (Å²) in [5, 5.41) is 3.18. The number of fused-ring (bicyclic) bond motifs is 2. The molecule has 0 saturated carbocycles. The SMILES string of the molecule is CSCC[C@@H](NC(=O)CCc1ccc2c(c1)CCO2)c1nc2ccccc2[nH]1. The van der Waals surface area contributed by atoms with Crippen LogP contribution in [0, 0.1) is 0 Å². The van der Waals surface area contributed by atoms with Crippen LogP contribution in [-0.2, 0) is 17.6 Å². The Morgan fingerprint density at radius 3 is 3.07 bits per heavy atom. The van der Waals surface area contributed by atoms with Gasteiger partial charge in [0.2, 0.25) is 5.91 Å². The fraction of sp³-hybridized carbons (Fsp3) is 0.364. The number of aromatic amines is 1. The van der Waals surface area contributed by atoms with Crippen molar-refractivity contribution < 1.29 is 9.53 Å². The van der Waals surface area contributed by atoms with E-state index in [2.05, 4.69) is 33.7 Å². The minimum Gasteiger partial charge on any atom is -0.493 e. The zero-order valence-corrected chi connectivity index (χ0v) is 16.8. The van der Waals surface area contributed by atoms with Gasteiger partial charge >= 0.3 is 0 Å². The highest BCUT2D eigenvalue weighted by Gasteiger charge is 2.18. The number of ether oxygens (including phenoxy) is 1. The minimum atomic E-state index is -0.0965. The minimum absolute atomic E-state index is 0.0586. The Hall–Kier alpha value is -2.47. The second-order valence-corrected chi connectivity index (χ2v) is 8.07. The van der Waals surface area contributed by atoms with Crippen molar-refractivity contribution in [3.8, 4) is 5.75 Å². The summed E-state index contributed by atoms with van der Waals surface area (Å²) in [5.74, 6) is 2.84. The van der Waals surface area contributed by atoms with Crippen LogP contribution in [0.3, 0.4) is 0 Å². The van der Waals surface area contributed by atoms with E-state index in [0.29, 0.717) is 6.42 Å². The molecule has 5 nitrogen and oxygen atoms in total. The molecular formula is C22H25N3O2S. The summed E-state index contributed by atoms with van der Waals surface area (Å²) in [6.07, 6.45) is 5.08. The normalized spacial score (nSPS) is 13.9. The molecule has 0 saturated heterocycles. The molecule has 146 valence electrons. The van der Waals surface area contributed by atoms with Crippen LogP contribution in [0.1, 0.15) is 35.8 Å². The van der Waals surface area contributed by atoms with E-state index in [0.717, 1.165) is 54.2 Å². The number of imidazole rings is 1. The predicted octanol–water partition coefficient (Wildman–Crippen LogP) is 4.04. The van der Waals surface area contributed by atoms with Crippen molar-refractivity contribution in [2.75, 3.05) is 18.6 Å². The van der Waals surface area contributed by atoms with Crippen molar-refractivity contribution in [3.05, 3.63) is 59.4 Å². The number of carbonyl (C=O) groups excluding carboxylic acids is 1. The maximum atomic E-state index is 12.6. The van der Waals surface area contributed by atoms with Gasteiger partial charge in [0.15, 0.2) is 0 Å². The first-order valence-corrected chi connectivity index (χ1v) is 11.1. The van der Waals surface area contributed by atoms with Crippen molar-refractivity contribution in [1.29, 1.82) is 0 Å².